The van der Waals surface area contributed by atoms with Gasteiger partial charge in [0.1, 0.15) is 0 Å². The fraction of sp³-hybridized carbons (Fsp3) is 0.333. The lowest BCUT2D eigenvalue weighted by molar-refractivity contribution is -0.166. The first-order valence-electron chi connectivity index (χ1n) is 4.67. The molecule has 0 aliphatic carbocycles. The van der Waals surface area contributed by atoms with E-state index in [9.17, 15) is 21.6 Å². The van der Waals surface area contributed by atoms with Crippen LogP contribution in [-0.2, 0) is 20.5 Å². The van der Waals surface area contributed by atoms with Gasteiger partial charge in [-0.05, 0) is 5.56 Å². The molecule has 0 fully saturated rings. The van der Waals surface area contributed by atoms with Gasteiger partial charge in [-0.25, -0.2) is 8.42 Å². The molecule has 0 amide bonds. The van der Waals surface area contributed by atoms with Gasteiger partial charge in [0.05, 0.1) is 5.75 Å². The van der Waals surface area contributed by atoms with Gasteiger partial charge in [0.15, 0.2) is 0 Å². The molecule has 0 bridgehead atoms. The van der Waals surface area contributed by atoms with Crippen LogP contribution in [-0.4, -0.2) is 14.6 Å². The molecule has 1 aromatic rings. The Balaban J connectivity index is 2.24. The van der Waals surface area contributed by atoms with Gasteiger partial charge in [0.2, 0.25) is 9.05 Å². The van der Waals surface area contributed by atoms with Gasteiger partial charge in [-0.1, -0.05) is 24.3 Å². The monoisotopic (exact) mass is 298 g/mol. The molecular weight excluding hydrogens is 293 g/mol. The SMILES string of the molecule is O=S(=O)(Cl)Cc1ccc(C2(C(F)(F)F)N=N2)cc1. The van der Waals surface area contributed by atoms with E-state index in [4.69, 9.17) is 10.7 Å². The van der Waals surface area contributed by atoms with E-state index >= 15 is 0 Å². The van der Waals surface area contributed by atoms with Crippen LogP contribution in [0.1, 0.15) is 11.1 Å². The number of rotatable bonds is 3. The van der Waals surface area contributed by atoms with Crippen LogP contribution in [0.4, 0.5) is 13.2 Å². The molecule has 0 saturated carbocycles. The van der Waals surface area contributed by atoms with Crippen molar-refractivity contribution in [2.75, 3.05) is 0 Å². The first-order valence-corrected chi connectivity index (χ1v) is 7.14. The van der Waals surface area contributed by atoms with Crippen LogP contribution in [0.25, 0.3) is 0 Å². The molecule has 1 aliphatic heterocycles. The zero-order chi connectivity index (χ0) is 13.6. The van der Waals surface area contributed by atoms with Crippen molar-refractivity contribution in [1.82, 2.24) is 0 Å². The Labute approximate surface area is 105 Å². The molecular formula is C9H6ClF3N2O2S. The Morgan fingerprint density at radius 2 is 1.67 bits per heavy atom. The van der Waals surface area contributed by atoms with E-state index in [2.05, 4.69) is 10.2 Å². The summed E-state index contributed by atoms with van der Waals surface area (Å²) in [5.41, 5.74) is -2.33. The van der Waals surface area contributed by atoms with Crippen molar-refractivity contribution in [1.29, 1.82) is 0 Å². The molecule has 4 nitrogen and oxygen atoms in total. The van der Waals surface area contributed by atoms with Crippen LogP contribution < -0.4 is 0 Å². The quantitative estimate of drug-likeness (QED) is 0.806. The standard InChI is InChI=1S/C9H6ClF3N2O2S/c10-18(16,17)5-6-1-3-7(4-2-6)8(14-15-8)9(11,12)13/h1-4H,5H2. The summed E-state index contributed by atoms with van der Waals surface area (Å²) in [5, 5.41) is 6.07. The van der Waals surface area contributed by atoms with E-state index in [-0.39, 0.29) is 5.56 Å². The zero-order valence-corrected chi connectivity index (χ0v) is 10.2. The molecule has 2 rings (SSSR count). The Hall–Kier alpha value is -1.15. The van der Waals surface area contributed by atoms with E-state index in [0.29, 0.717) is 5.56 Å². The summed E-state index contributed by atoms with van der Waals surface area (Å²) in [6.07, 6.45) is -4.59. The van der Waals surface area contributed by atoms with Gasteiger partial charge in [-0.15, -0.1) is 10.2 Å². The van der Waals surface area contributed by atoms with E-state index in [1.165, 1.54) is 12.1 Å². The number of alkyl halides is 3. The summed E-state index contributed by atoms with van der Waals surface area (Å²) in [5.74, 6) is -0.442. The molecule has 0 radical (unpaired) electrons. The Morgan fingerprint density at radius 1 is 1.17 bits per heavy atom. The minimum Gasteiger partial charge on any atom is -0.212 e. The van der Waals surface area contributed by atoms with Crippen LogP contribution >= 0.6 is 10.7 Å². The number of hydrogen-bond acceptors (Lipinski definition) is 4. The molecule has 9 heteroatoms. The maximum Gasteiger partial charge on any atom is 0.442 e. The summed E-state index contributed by atoms with van der Waals surface area (Å²) < 4.78 is 59.6. The van der Waals surface area contributed by atoms with Crippen molar-refractivity contribution >= 4 is 19.7 Å². The van der Waals surface area contributed by atoms with Gasteiger partial charge in [-0.2, -0.15) is 13.2 Å². The molecule has 1 aliphatic rings. The first-order chi connectivity index (χ1) is 8.14. The lowest BCUT2D eigenvalue weighted by Crippen LogP contribution is -2.30. The normalized spacial score (nSPS) is 17.8. The minimum absolute atomic E-state index is 0.147. The average molecular weight is 299 g/mol. The molecule has 0 N–H and O–H groups in total. The van der Waals surface area contributed by atoms with Crippen molar-refractivity contribution in [3.8, 4) is 0 Å². The summed E-state index contributed by atoms with van der Waals surface area (Å²) in [4.78, 5) is 0. The summed E-state index contributed by atoms with van der Waals surface area (Å²) in [6, 6.07) is 4.80. The number of hydrogen-bond donors (Lipinski definition) is 0. The van der Waals surface area contributed by atoms with Crippen molar-refractivity contribution < 1.29 is 21.6 Å². The van der Waals surface area contributed by atoms with Crippen molar-refractivity contribution in [2.24, 2.45) is 10.2 Å². The molecule has 1 heterocycles. The highest BCUT2D eigenvalue weighted by molar-refractivity contribution is 8.13. The van der Waals surface area contributed by atoms with E-state index in [1.54, 1.807) is 0 Å². The maximum atomic E-state index is 12.6. The van der Waals surface area contributed by atoms with E-state index in [1.807, 2.05) is 0 Å². The predicted octanol–water partition coefficient (Wildman–Crippen LogP) is 2.94. The highest BCUT2D eigenvalue weighted by atomic mass is 35.7. The molecule has 0 atom stereocenters. The molecule has 1 aromatic carbocycles. The largest absolute Gasteiger partial charge is 0.442 e. The van der Waals surface area contributed by atoms with Gasteiger partial charge < -0.3 is 0 Å². The molecule has 18 heavy (non-hydrogen) atoms. The second-order valence-electron chi connectivity index (χ2n) is 3.75. The lowest BCUT2D eigenvalue weighted by atomic mass is 10.0. The summed E-state index contributed by atoms with van der Waals surface area (Å²) in [6.45, 7) is 0. The third-order valence-electron chi connectivity index (χ3n) is 2.39. The topological polar surface area (TPSA) is 58.9 Å². The predicted molar refractivity (Wildman–Crippen MR) is 57.5 cm³/mol. The smallest absolute Gasteiger partial charge is 0.212 e. The van der Waals surface area contributed by atoms with Crippen LogP contribution in [0.2, 0.25) is 0 Å². The lowest BCUT2D eigenvalue weighted by Gasteiger charge is -2.14. The second-order valence-corrected chi connectivity index (χ2v) is 6.53. The van der Waals surface area contributed by atoms with E-state index in [0.717, 1.165) is 12.1 Å². The molecule has 0 spiro atoms. The van der Waals surface area contributed by atoms with Gasteiger partial charge in [0, 0.05) is 16.2 Å². The van der Waals surface area contributed by atoms with Crippen LogP contribution in [0, 0.1) is 0 Å². The Kier molecular flexibility index (Phi) is 2.90. The van der Waals surface area contributed by atoms with Gasteiger partial charge in [-0.3, -0.25) is 0 Å². The van der Waals surface area contributed by atoms with Crippen LogP contribution in [0.15, 0.2) is 34.5 Å². The molecule has 0 aromatic heterocycles. The highest BCUT2D eigenvalue weighted by Crippen LogP contribution is 2.52. The molecule has 0 saturated heterocycles. The first kappa shape index (κ1) is 13.3. The highest BCUT2D eigenvalue weighted by Gasteiger charge is 2.65. The van der Waals surface area contributed by atoms with Gasteiger partial charge in [0.25, 0.3) is 0 Å². The van der Waals surface area contributed by atoms with E-state index < -0.39 is 26.6 Å². The fourth-order valence-corrected chi connectivity index (χ4v) is 2.44. The number of benzene rings is 1. The number of halogens is 4. The summed E-state index contributed by atoms with van der Waals surface area (Å²) >= 11 is 0. The Morgan fingerprint density at radius 3 is 2.00 bits per heavy atom. The maximum absolute atomic E-state index is 12.6. The van der Waals surface area contributed by atoms with Crippen LogP contribution in [0.5, 0.6) is 0 Å². The fourth-order valence-electron chi connectivity index (χ4n) is 1.47. The van der Waals surface area contributed by atoms with Crippen molar-refractivity contribution in [3.05, 3.63) is 35.4 Å². The summed E-state index contributed by atoms with van der Waals surface area (Å²) in [7, 11) is 1.30. The third kappa shape index (κ3) is 2.49. The minimum atomic E-state index is -4.59. The van der Waals surface area contributed by atoms with Crippen molar-refractivity contribution in [2.45, 2.75) is 17.6 Å². The third-order valence-corrected chi connectivity index (χ3v) is 3.40. The van der Waals surface area contributed by atoms with Gasteiger partial charge >= 0.3 is 11.8 Å². The van der Waals surface area contributed by atoms with Crippen molar-refractivity contribution in [3.63, 3.8) is 0 Å². The average Bonchev–Trinajstić information content (AvgIpc) is 2.95. The Bertz CT molecular complexity index is 589. The second kappa shape index (κ2) is 3.92. The number of nitrogens with zero attached hydrogens (tertiary/aromatic N) is 2. The molecule has 0 unspecified atom stereocenters. The molecule has 98 valence electrons. The van der Waals surface area contributed by atoms with Crippen LogP contribution in [0.3, 0.4) is 0 Å². The zero-order valence-electron chi connectivity index (χ0n) is 8.65.